The molecule has 0 aliphatic rings. The maximum Gasteiger partial charge on any atom is 0.131 e. The van der Waals surface area contributed by atoms with Gasteiger partial charge in [-0.2, -0.15) is 0 Å². The van der Waals surface area contributed by atoms with Crippen LogP contribution in [0.4, 0.5) is 8.78 Å². The number of halogens is 2. The molecule has 0 bridgehead atoms. The van der Waals surface area contributed by atoms with Crippen molar-refractivity contribution in [2.75, 3.05) is 7.05 Å². The Labute approximate surface area is 98.3 Å². The van der Waals surface area contributed by atoms with Gasteiger partial charge in [-0.3, -0.25) is 0 Å². The minimum Gasteiger partial charge on any atom is -0.469 e. The maximum atomic E-state index is 13.7. The molecule has 0 fully saturated rings. The zero-order chi connectivity index (χ0) is 12.4. The minimum absolute atomic E-state index is 0.0134. The fraction of sp³-hybridized carbons (Fsp3) is 0.231. The smallest absolute Gasteiger partial charge is 0.131 e. The molecular formula is C13H13F2NO. The van der Waals surface area contributed by atoms with Gasteiger partial charge in [0.15, 0.2) is 0 Å². The van der Waals surface area contributed by atoms with Gasteiger partial charge < -0.3 is 9.73 Å². The first-order chi connectivity index (χ1) is 8.15. The molecule has 1 atom stereocenters. The molecule has 1 aromatic heterocycles. The second kappa shape index (κ2) is 4.67. The molecule has 4 heteroatoms. The van der Waals surface area contributed by atoms with Gasteiger partial charge in [0, 0.05) is 11.1 Å². The highest BCUT2D eigenvalue weighted by Crippen LogP contribution is 2.29. The lowest BCUT2D eigenvalue weighted by Gasteiger charge is -2.17. The lowest BCUT2D eigenvalue weighted by atomic mass is 9.98. The van der Waals surface area contributed by atoms with Crippen molar-refractivity contribution in [3.63, 3.8) is 0 Å². The van der Waals surface area contributed by atoms with Crippen LogP contribution < -0.4 is 5.32 Å². The lowest BCUT2D eigenvalue weighted by molar-refractivity contribution is 0.503. The second-order valence-corrected chi connectivity index (χ2v) is 3.79. The van der Waals surface area contributed by atoms with E-state index >= 15 is 0 Å². The number of hydrogen-bond donors (Lipinski definition) is 1. The number of rotatable bonds is 3. The molecule has 1 heterocycles. The summed E-state index contributed by atoms with van der Waals surface area (Å²) in [6.45, 7) is 1.76. The van der Waals surface area contributed by atoms with Gasteiger partial charge in [-0.25, -0.2) is 8.78 Å². The molecule has 1 N–H and O–H groups in total. The molecular weight excluding hydrogens is 224 g/mol. The topological polar surface area (TPSA) is 25.2 Å². The molecule has 0 saturated heterocycles. The van der Waals surface area contributed by atoms with Crippen molar-refractivity contribution in [1.82, 2.24) is 5.32 Å². The summed E-state index contributed by atoms with van der Waals surface area (Å²) in [7, 11) is 1.66. The van der Waals surface area contributed by atoms with E-state index in [4.69, 9.17) is 4.42 Å². The van der Waals surface area contributed by atoms with Crippen LogP contribution in [0.3, 0.4) is 0 Å². The Hall–Kier alpha value is -1.68. The van der Waals surface area contributed by atoms with E-state index in [-0.39, 0.29) is 5.56 Å². The van der Waals surface area contributed by atoms with Crippen molar-refractivity contribution in [3.05, 3.63) is 59.1 Å². The quantitative estimate of drug-likeness (QED) is 0.887. The molecule has 0 aliphatic heterocycles. The first kappa shape index (κ1) is 11.8. The van der Waals surface area contributed by atoms with E-state index in [0.717, 1.165) is 5.56 Å². The van der Waals surface area contributed by atoms with Crippen molar-refractivity contribution < 1.29 is 13.2 Å². The monoisotopic (exact) mass is 237 g/mol. The van der Waals surface area contributed by atoms with Gasteiger partial charge in [-0.1, -0.05) is 6.07 Å². The van der Waals surface area contributed by atoms with Crippen LogP contribution in [0.15, 0.2) is 34.9 Å². The highest BCUT2D eigenvalue weighted by Gasteiger charge is 2.22. The Morgan fingerprint density at radius 1 is 1.18 bits per heavy atom. The largest absolute Gasteiger partial charge is 0.469 e. The lowest BCUT2D eigenvalue weighted by Crippen LogP contribution is -2.20. The van der Waals surface area contributed by atoms with Gasteiger partial charge in [0.25, 0.3) is 0 Å². The first-order valence-corrected chi connectivity index (χ1v) is 5.30. The number of furan rings is 1. The van der Waals surface area contributed by atoms with E-state index < -0.39 is 17.7 Å². The maximum absolute atomic E-state index is 13.7. The Kier molecular flexibility index (Phi) is 3.24. The first-order valence-electron chi connectivity index (χ1n) is 5.30. The number of hydrogen-bond acceptors (Lipinski definition) is 2. The van der Waals surface area contributed by atoms with Gasteiger partial charge in [0.1, 0.15) is 17.4 Å². The summed E-state index contributed by atoms with van der Waals surface area (Å²) in [4.78, 5) is 0. The molecule has 2 aromatic rings. The van der Waals surface area contributed by atoms with E-state index in [1.54, 1.807) is 20.0 Å². The van der Waals surface area contributed by atoms with Crippen LogP contribution in [-0.2, 0) is 0 Å². The summed E-state index contributed by atoms with van der Waals surface area (Å²) in [5.74, 6) is -0.484. The Morgan fingerprint density at radius 2 is 1.82 bits per heavy atom. The predicted octanol–water partition coefficient (Wildman–Crippen LogP) is 3.18. The SMILES string of the molecule is CNC(c1ccoc1C)c1c(F)cccc1F. The van der Waals surface area contributed by atoms with Crippen molar-refractivity contribution >= 4 is 0 Å². The van der Waals surface area contributed by atoms with Gasteiger partial charge >= 0.3 is 0 Å². The number of aryl methyl sites for hydroxylation is 1. The van der Waals surface area contributed by atoms with E-state index in [1.165, 1.54) is 24.5 Å². The summed E-state index contributed by atoms with van der Waals surface area (Å²) in [6.07, 6.45) is 1.51. The summed E-state index contributed by atoms with van der Waals surface area (Å²) in [5.41, 5.74) is 0.746. The van der Waals surface area contributed by atoms with Crippen molar-refractivity contribution in [2.45, 2.75) is 13.0 Å². The third-order valence-electron chi connectivity index (χ3n) is 2.79. The predicted molar refractivity (Wildman–Crippen MR) is 60.7 cm³/mol. The summed E-state index contributed by atoms with van der Waals surface area (Å²) >= 11 is 0. The van der Waals surface area contributed by atoms with E-state index in [2.05, 4.69) is 5.32 Å². The van der Waals surface area contributed by atoms with Gasteiger partial charge in [0.2, 0.25) is 0 Å². The third-order valence-corrected chi connectivity index (χ3v) is 2.79. The van der Waals surface area contributed by atoms with Crippen molar-refractivity contribution in [3.8, 4) is 0 Å². The van der Waals surface area contributed by atoms with Gasteiger partial charge in [0.05, 0.1) is 12.3 Å². The molecule has 0 aliphatic carbocycles. The molecule has 1 unspecified atom stereocenters. The van der Waals surface area contributed by atoms with Crippen LogP contribution in [0.1, 0.15) is 22.9 Å². The van der Waals surface area contributed by atoms with Crippen LogP contribution in [0.5, 0.6) is 0 Å². The van der Waals surface area contributed by atoms with Crippen LogP contribution >= 0.6 is 0 Å². The highest BCUT2D eigenvalue weighted by molar-refractivity contribution is 5.34. The molecule has 0 radical (unpaired) electrons. The Balaban J connectivity index is 2.53. The van der Waals surface area contributed by atoms with Gasteiger partial charge in [-0.05, 0) is 32.2 Å². The fourth-order valence-corrected chi connectivity index (χ4v) is 1.94. The van der Waals surface area contributed by atoms with Gasteiger partial charge in [-0.15, -0.1) is 0 Å². The average Bonchev–Trinajstić information content (AvgIpc) is 2.70. The summed E-state index contributed by atoms with van der Waals surface area (Å²) in [6, 6.07) is 5.01. The van der Waals surface area contributed by atoms with E-state index in [1.807, 2.05) is 0 Å². The standard InChI is InChI=1S/C13H13F2NO/c1-8-9(6-7-17-8)13(16-2)12-10(14)4-3-5-11(12)15/h3-7,13,16H,1-2H3. The Bertz CT molecular complexity index is 502. The van der Waals surface area contributed by atoms with E-state index in [9.17, 15) is 8.78 Å². The molecule has 2 rings (SSSR count). The molecule has 1 aromatic carbocycles. The van der Waals surface area contributed by atoms with E-state index in [0.29, 0.717) is 5.76 Å². The normalized spacial score (nSPS) is 12.7. The zero-order valence-electron chi connectivity index (χ0n) is 9.63. The third kappa shape index (κ3) is 2.08. The van der Waals surface area contributed by atoms with Crippen LogP contribution in [0.25, 0.3) is 0 Å². The van der Waals surface area contributed by atoms with Crippen LogP contribution in [0.2, 0.25) is 0 Å². The molecule has 0 saturated carbocycles. The van der Waals surface area contributed by atoms with Crippen molar-refractivity contribution in [1.29, 1.82) is 0 Å². The molecule has 2 nitrogen and oxygen atoms in total. The Morgan fingerprint density at radius 3 is 2.29 bits per heavy atom. The highest BCUT2D eigenvalue weighted by atomic mass is 19.1. The summed E-state index contributed by atoms with van der Waals surface area (Å²) < 4.78 is 32.6. The van der Waals surface area contributed by atoms with Crippen LogP contribution in [0, 0.1) is 18.6 Å². The molecule has 0 amide bonds. The molecule has 17 heavy (non-hydrogen) atoms. The minimum atomic E-state index is -0.565. The second-order valence-electron chi connectivity index (χ2n) is 3.79. The number of benzene rings is 1. The number of nitrogens with one attached hydrogen (secondary N) is 1. The zero-order valence-corrected chi connectivity index (χ0v) is 9.63. The fourth-order valence-electron chi connectivity index (χ4n) is 1.94. The molecule has 0 spiro atoms. The average molecular weight is 237 g/mol. The molecule has 90 valence electrons. The summed E-state index contributed by atoms with van der Waals surface area (Å²) in [5, 5.41) is 2.90. The van der Waals surface area contributed by atoms with Crippen LogP contribution in [-0.4, -0.2) is 7.05 Å². The van der Waals surface area contributed by atoms with Crippen molar-refractivity contribution in [2.24, 2.45) is 0 Å².